The Balaban J connectivity index is 2.22. The maximum absolute atomic E-state index is 11.6. The van der Waals surface area contributed by atoms with Crippen LogP contribution >= 0.6 is 0 Å². The molecule has 1 atom stereocenters. The second-order valence-corrected chi connectivity index (χ2v) is 8.01. The lowest BCUT2D eigenvalue weighted by Gasteiger charge is -2.19. The van der Waals surface area contributed by atoms with E-state index in [-0.39, 0.29) is 23.3 Å². The van der Waals surface area contributed by atoms with Crippen LogP contribution < -0.4 is 20.6 Å². The molecule has 2 rings (SSSR count). The van der Waals surface area contributed by atoms with Crippen LogP contribution in [0.25, 0.3) is 0 Å². The van der Waals surface area contributed by atoms with Gasteiger partial charge >= 0.3 is 10.1 Å². The molecule has 0 saturated heterocycles. The molecule has 0 unspecified atom stereocenters. The van der Waals surface area contributed by atoms with Crippen LogP contribution in [0.1, 0.15) is 31.1 Å². The SMILES string of the molecule is CC(C)[C@@H](C)Nc1nc(Nc2ccc(OS(C)(=O)=O)cc2)ncc1C(N)=O. The van der Waals surface area contributed by atoms with Crippen LogP contribution in [0.15, 0.2) is 30.5 Å². The molecule has 1 heterocycles. The smallest absolute Gasteiger partial charge is 0.306 e. The van der Waals surface area contributed by atoms with Crippen molar-refractivity contribution >= 4 is 33.5 Å². The zero-order valence-corrected chi connectivity index (χ0v) is 16.4. The number of hydrogen-bond acceptors (Lipinski definition) is 8. The Morgan fingerprint density at radius 3 is 2.33 bits per heavy atom. The largest absolute Gasteiger partial charge is 0.383 e. The van der Waals surface area contributed by atoms with E-state index in [2.05, 4.69) is 20.6 Å². The van der Waals surface area contributed by atoms with Crippen LogP contribution in [0.4, 0.5) is 17.5 Å². The molecule has 1 aromatic heterocycles. The molecule has 0 spiro atoms. The third-order valence-corrected chi connectivity index (χ3v) is 4.27. The van der Waals surface area contributed by atoms with E-state index in [9.17, 15) is 13.2 Å². The molecule has 1 aromatic carbocycles. The zero-order chi connectivity index (χ0) is 20.2. The number of carbonyl (C=O) groups is 1. The fourth-order valence-electron chi connectivity index (χ4n) is 2.01. The summed E-state index contributed by atoms with van der Waals surface area (Å²) in [7, 11) is -3.58. The first-order valence-electron chi connectivity index (χ1n) is 8.25. The molecule has 0 bridgehead atoms. The van der Waals surface area contributed by atoms with E-state index in [0.29, 0.717) is 17.4 Å². The second kappa shape index (κ2) is 8.21. The predicted molar refractivity (Wildman–Crippen MR) is 104 cm³/mol. The molecule has 0 aliphatic carbocycles. The van der Waals surface area contributed by atoms with Crippen LogP contribution in [-0.2, 0) is 10.1 Å². The van der Waals surface area contributed by atoms with Gasteiger partial charge in [-0.1, -0.05) is 13.8 Å². The number of hydrogen-bond donors (Lipinski definition) is 3. The molecule has 10 heteroatoms. The summed E-state index contributed by atoms with van der Waals surface area (Å²) in [5.41, 5.74) is 6.21. The van der Waals surface area contributed by atoms with Gasteiger partial charge in [0.1, 0.15) is 11.6 Å². The summed E-state index contributed by atoms with van der Waals surface area (Å²) >= 11 is 0. The molecule has 9 nitrogen and oxygen atoms in total. The van der Waals surface area contributed by atoms with Crippen molar-refractivity contribution in [3.05, 3.63) is 36.0 Å². The minimum atomic E-state index is -3.58. The van der Waals surface area contributed by atoms with Crippen molar-refractivity contribution in [1.82, 2.24) is 9.97 Å². The molecular weight excluding hydrogens is 370 g/mol. The first-order valence-corrected chi connectivity index (χ1v) is 10.1. The van der Waals surface area contributed by atoms with E-state index < -0.39 is 16.0 Å². The minimum absolute atomic E-state index is 0.0678. The quantitative estimate of drug-likeness (QED) is 0.580. The van der Waals surface area contributed by atoms with Crippen molar-refractivity contribution < 1.29 is 17.4 Å². The average Bonchev–Trinajstić information content (AvgIpc) is 2.55. The number of nitrogens with two attached hydrogens (primary N) is 1. The molecule has 146 valence electrons. The first kappa shape index (κ1) is 20.4. The highest BCUT2D eigenvalue weighted by atomic mass is 32.2. The molecule has 2 aromatic rings. The summed E-state index contributed by atoms with van der Waals surface area (Å²) in [6.07, 6.45) is 2.33. The predicted octanol–water partition coefficient (Wildman–Crippen LogP) is 2.11. The van der Waals surface area contributed by atoms with Gasteiger partial charge in [0, 0.05) is 17.9 Å². The summed E-state index contributed by atoms with van der Waals surface area (Å²) in [5, 5.41) is 6.16. The standard InChI is InChI=1S/C17H23N5O4S/c1-10(2)11(3)20-16-14(15(18)23)9-19-17(22-16)21-12-5-7-13(8-6-12)26-27(4,24)25/h5-11H,1-4H3,(H2,18,23)(H2,19,20,21,22)/t11-/m1/s1. The van der Waals surface area contributed by atoms with Gasteiger partial charge in [-0.15, -0.1) is 0 Å². The summed E-state index contributed by atoms with van der Waals surface area (Å²) in [6, 6.07) is 6.31. The number of primary amides is 1. The van der Waals surface area contributed by atoms with Crippen LogP contribution in [0, 0.1) is 5.92 Å². The fraction of sp³-hybridized carbons (Fsp3) is 0.353. The van der Waals surface area contributed by atoms with Crippen LogP contribution in [0.3, 0.4) is 0 Å². The summed E-state index contributed by atoms with van der Waals surface area (Å²) in [4.78, 5) is 20.0. The highest BCUT2D eigenvalue weighted by molar-refractivity contribution is 7.86. The van der Waals surface area contributed by atoms with Gasteiger partial charge in [0.2, 0.25) is 5.95 Å². The number of aromatic nitrogens is 2. The highest BCUT2D eigenvalue weighted by Gasteiger charge is 2.16. The number of anilines is 3. The normalized spacial score (nSPS) is 12.5. The van der Waals surface area contributed by atoms with Gasteiger partial charge in [0.25, 0.3) is 5.91 Å². The third kappa shape index (κ3) is 6.10. The van der Waals surface area contributed by atoms with Crippen molar-refractivity contribution in [2.24, 2.45) is 11.7 Å². The number of nitrogens with one attached hydrogen (secondary N) is 2. The molecule has 0 fully saturated rings. The Bertz CT molecular complexity index is 913. The maximum Gasteiger partial charge on any atom is 0.306 e. The molecule has 0 aliphatic heterocycles. The van der Waals surface area contributed by atoms with Crippen LogP contribution in [0.2, 0.25) is 0 Å². The zero-order valence-electron chi connectivity index (χ0n) is 15.6. The Morgan fingerprint density at radius 1 is 1.19 bits per heavy atom. The average molecular weight is 393 g/mol. The third-order valence-electron chi connectivity index (χ3n) is 3.78. The van der Waals surface area contributed by atoms with Gasteiger partial charge in [0.05, 0.1) is 11.8 Å². The number of carbonyl (C=O) groups excluding carboxylic acids is 1. The topological polar surface area (TPSA) is 136 Å². The Hall–Kier alpha value is -2.88. The lowest BCUT2D eigenvalue weighted by Crippen LogP contribution is -2.25. The lowest BCUT2D eigenvalue weighted by molar-refractivity contribution is 0.100. The Morgan fingerprint density at radius 2 is 1.81 bits per heavy atom. The van der Waals surface area contributed by atoms with Crippen molar-refractivity contribution in [3.63, 3.8) is 0 Å². The summed E-state index contributed by atoms with van der Waals surface area (Å²) in [5.74, 6) is 0.497. The van der Waals surface area contributed by atoms with Gasteiger partial charge in [-0.05, 0) is 37.1 Å². The van der Waals surface area contributed by atoms with E-state index in [0.717, 1.165) is 6.26 Å². The number of benzene rings is 1. The van der Waals surface area contributed by atoms with Gasteiger partial charge in [0.15, 0.2) is 0 Å². The van der Waals surface area contributed by atoms with Gasteiger partial charge in [-0.3, -0.25) is 4.79 Å². The van der Waals surface area contributed by atoms with Gasteiger partial charge < -0.3 is 20.6 Å². The molecule has 0 saturated carbocycles. The highest BCUT2D eigenvalue weighted by Crippen LogP contribution is 2.22. The van der Waals surface area contributed by atoms with Crippen LogP contribution in [0.5, 0.6) is 5.75 Å². The van der Waals surface area contributed by atoms with E-state index in [1.165, 1.54) is 18.3 Å². The van der Waals surface area contributed by atoms with E-state index >= 15 is 0 Å². The molecule has 4 N–H and O–H groups in total. The maximum atomic E-state index is 11.6. The molecule has 1 amide bonds. The Labute approximate surface area is 158 Å². The first-order chi connectivity index (χ1) is 12.5. The fourth-order valence-corrected chi connectivity index (χ4v) is 2.47. The minimum Gasteiger partial charge on any atom is -0.383 e. The lowest BCUT2D eigenvalue weighted by atomic mass is 10.1. The second-order valence-electron chi connectivity index (χ2n) is 6.43. The molecule has 0 radical (unpaired) electrons. The van der Waals surface area contributed by atoms with Gasteiger partial charge in [-0.2, -0.15) is 13.4 Å². The summed E-state index contributed by atoms with van der Waals surface area (Å²) in [6.45, 7) is 6.06. The van der Waals surface area contributed by atoms with Crippen molar-refractivity contribution in [2.45, 2.75) is 26.8 Å². The molecule has 0 aliphatic rings. The number of rotatable bonds is 8. The molecule has 27 heavy (non-hydrogen) atoms. The van der Waals surface area contributed by atoms with Crippen molar-refractivity contribution in [1.29, 1.82) is 0 Å². The Kier molecular flexibility index (Phi) is 6.21. The van der Waals surface area contributed by atoms with Crippen LogP contribution in [-0.4, -0.2) is 36.6 Å². The number of nitrogens with zero attached hydrogens (tertiary/aromatic N) is 2. The van der Waals surface area contributed by atoms with E-state index in [1.54, 1.807) is 12.1 Å². The molecular formula is C17H23N5O4S. The van der Waals surface area contributed by atoms with Crippen molar-refractivity contribution in [3.8, 4) is 5.75 Å². The monoisotopic (exact) mass is 393 g/mol. The van der Waals surface area contributed by atoms with E-state index in [4.69, 9.17) is 9.92 Å². The summed E-state index contributed by atoms with van der Waals surface area (Å²) < 4.78 is 27.1. The van der Waals surface area contributed by atoms with Gasteiger partial charge in [-0.25, -0.2) is 4.98 Å². The number of amides is 1. The van der Waals surface area contributed by atoms with E-state index in [1.807, 2.05) is 20.8 Å². The van der Waals surface area contributed by atoms with Crippen molar-refractivity contribution in [2.75, 3.05) is 16.9 Å².